The maximum atomic E-state index is 13.7. The Morgan fingerprint density at radius 2 is 1.40 bits per heavy atom. The number of nitrogens with two attached hydrogens (primary N) is 3. The number of nitrogen functional groups attached to an aromatic ring is 3. The number of aromatic nitrogens is 12. The van der Waals surface area contributed by atoms with E-state index in [1.54, 1.807) is 0 Å². The minimum Gasteiger partial charge on any atom is -0.387 e. The van der Waals surface area contributed by atoms with Gasteiger partial charge in [-0.1, -0.05) is 4.98 Å². The Balaban J connectivity index is 0.859. The number of nitrogens with one attached hydrogen (secondary N) is 3. The highest BCUT2D eigenvalue weighted by atomic mass is 31.3. The lowest BCUT2D eigenvalue weighted by molar-refractivity contribution is -0.745. The minimum absolute atomic E-state index is 0.00675. The van der Waals surface area contributed by atoms with E-state index in [1.165, 1.54) is 52.2 Å². The molecule has 0 radical (unpaired) electrons. The topological polar surface area (TPSA) is 525 Å². The van der Waals surface area contributed by atoms with Crippen LogP contribution in [0.5, 0.6) is 0 Å². The molecule has 0 aromatic carbocycles. The van der Waals surface area contributed by atoms with Crippen LogP contribution in [0.15, 0.2) is 34.9 Å². The van der Waals surface area contributed by atoms with Crippen molar-refractivity contribution < 1.29 is 94.4 Å². The number of phosphoric acid groups is 3. The van der Waals surface area contributed by atoms with Gasteiger partial charge >= 0.3 is 29.1 Å². The molecule has 0 spiro atoms. The monoisotopic (exact) mass is 1150 g/mol. The molecule has 40 heteroatoms. The van der Waals surface area contributed by atoms with E-state index in [1.807, 2.05) is 0 Å². The van der Waals surface area contributed by atoms with Crippen LogP contribution in [-0.4, -0.2) is 173 Å². The van der Waals surface area contributed by atoms with Crippen LogP contribution in [0.1, 0.15) is 31.5 Å². The smallest absolute Gasteiger partial charge is 0.387 e. The number of hydrogen-bond acceptors (Lipinski definition) is 27. The maximum absolute atomic E-state index is 13.7. The second kappa shape index (κ2) is 21.8. The van der Waals surface area contributed by atoms with Crippen molar-refractivity contribution in [3.8, 4) is 0 Å². The summed E-state index contributed by atoms with van der Waals surface area (Å²) < 4.78 is 92.6. The zero-order valence-corrected chi connectivity index (χ0v) is 43.0. The Morgan fingerprint density at radius 3 is 2.08 bits per heavy atom. The van der Waals surface area contributed by atoms with Gasteiger partial charge in [-0.25, -0.2) is 38.2 Å². The number of methoxy groups -OCH3 is 2. The van der Waals surface area contributed by atoms with Crippen LogP contribution in [0.25, 0.3) is 33.5 Å². The second-order valence-corrected chi connectivity index (χ2v) is 22.4. The highest BCUT2D eigenvalue weighted by Crippen LogP contribution is 2.68. The van der Waals surface area contributed by atoms with Gasteiger partial charge < -0.3 is 76.2 Å². The summed E-state index contributed by atoms with van der Waals surface area (Å²) in [7, 11) is -13.5. The predicted octanol–water partition coefficient (Wildman–Crippen LogP) is -3.80. The zero-order valence-electron chi connectivity index (χ0n) is 40.3. The summed E-state index contributed by atoms with van der Waals surface area (Å²) in [6, 6.07) is 0. The molecule has 9 heterocycles. The van der Waals surface area contributed by atoms with E-state index in [4.69, 9.17) is 49.9 Å². The first-order chi connectivity index (χ1) is 36.4. The highest BCUT2D eigenvalue weighted by molar-refractivity contribution is 7.66. The fraction of sp³-hybridized carbons (Fsp3) is 0.568. The van der Waals surface area contributed by atoms with Crippen LogP contribution < -0.4 is 38.2 Å². The minimum atomic E-state index is -6.10. The highest BCUT2D eigenvalue weighted by Gasteiger charge is 2.52. The molecule has 0 saturated carbocycles. The molecule has 3 aliphatic rings. The average molecular weight is 1150 g/mol. The molecular weight excluding hydrogens is 1100 g/mol. The number of aromatic amines is 2. The fourth-order valence-corrected chi connectivity index (χ4v) is 13.0. The van der Waals surface area contributed by atoms with Gasteiger partial charge in [0.2, 0.25) is 23.6 Å². The number of aliphatic hydroxyl groups is 3. The predicted molar refractivity (Wildman–Crippen MR) is 253 cm³/mol. The van der Waals surface area contributed by atoms with E-state index in [2.05, 4.69) is 53.8 Å². The molecule has 6 aromatic heterocycles. The first-order valence-electron chi connectivity index (χ1n) is 22.8. The first kappa shape index (κ1) is 55.9. The third-order valence-corrected chi connectivity index (χ3v) is 17.1. The number of aryl methyl sites for hydroxylation is 1. The Labute approximate surface area is 430 Å². The lowest BCUT2D eigenvalue weighted by Gasteiger charge is -2.24. The van der Waals surface area contributed by atoms with Crippen molar-refractivity contribution in [2.24, 2.45) is 18.9 Å². The number of carbonyl (C=O) groups is 1. The molecule has 3 saturated heterocycles. The van der Waals surface area contributed by atoms with Crippen LogP contribution in [0.3, 0.4) is 0 Å². The van der Waals surface area contributed by atoms with Crippen molar-refractivity contribution in [3.05, 3.63) is 46.0 Å². The summed E-state index contributed by atoms with van der Waals surface area (Å²) in [5, 5.41) is 35.8. The zero-order chi connectivity index (χ0) is 55.5. The largest absolute Gasteiger partial charge is 0.490 e. The fourth-order valence-electron chi connectivity index (χ4n) is 9.43. The molecule has 15 atom stereocenters. The van der Waals surface area contributed by atoms with Gasteiger partial charge in [0.05, 0.1) is 45.1 Å². The molecule has 3 unspecified atom stereocenters. The average Bonchev–Trinajstić information content (AvgIpc) is 4.24. The van der Waals surface area contributed by atoms with E-state index >= 15 is 0 Å². The summed E-state index contributed by atoms with van der Waals surface area (Å²) in [6.07, 6.45) is -9.05. The second-order valence-electron chi connectivity index (χ2n) is 17.8. The van der Waals surface area contributed by atoms with Gasteiger partial charge in [-0.05, 0) is 6.42 Å². The van der Waals surface area contributed by atoms with Gasteiger partial charge in [-0.3, -0.25) is 47.1 Å². The van der Waals surface area contributed by atoms with Gasteiger partial charge in [0.15, 0.2) is 41.4 Å². The van der Waals surface area contributed by atoms with E-state index < -0.39 is 140 Å². The van der Waals surface area contributed by atoms with Crippen molar-refractivity contribution in [2.75, 3.05) is 57.8 Å². The molecule has 1 amide bonds. The van der Waals surface area contributed by atoms with Gasteiger partial charge in [-0.15, -0.1) is 0 Å². The van der Waals surface area contributed by atoms with Crippen molar-refractivity contribution in [2.45, 2.75) is 74.3 Å². The molecule has 3 fully saturated rings. The number of aliphatic hydroxyl groups excluding tert-OH is 3. The third-order valence-electron chi connectivity index (χ3n) is 12.9. The van der Waals surface area contributed by atoms with Crippen LogP contribution >= 0.6 is 23.5 Å². The number of H-pyrrole nitrogens is 2. The number of imidazole rings is 3. The quantitative estimate of drug-likeness (QED) is 0.0243. The summed E-state index contributed by atoms with van der Waals surface area (Å²) >= 11 is 0. The number of carbonyl (C=O) groups excluding carboxylic acids is 1. The Hall–Kier alpha value is -5.79. The van der Waals surface area contributed by atoms with Crippen molar-refractivity contribution in [1.82, 2.24) is 58.9 Å². The Kier molecular flexibility index (Phi) is 15.8. The van der Waals surface area contributed by atoms with Gasteiger partial charge in [-0.2, -0.15) is 13.6 Å². The number of anilines is 3. The molecular formula is C37H52N16O21P3+. The van der Waals surface area contributed by atoms with Crippen molar-refractivity contribution >= 4 is 80.6 Å². The molecule has 37 nitrogen and oxygen atoms in total. The lowest BCUT2D eigenvalue weighted by Crippen LogP contribution is -2.45. The lowest BCUT2D eigenvalue weighted by atomic mass is 9.93. The van der Waals surface area contributed by atoms with E-state index in [0.29, 0.717) is 0 Å². The van der Waals surface area contributed by atoms with Crippen molar-refractivity contribution in [1.29, 1.82) is 0 Å². The summed E-state index contributed by atoms with van der Waals surface area (Å²) in [5.41, 5.74) is 16.3. The number of phosphoric ester groups is 2. The molecule has 15 N–H and O–H groups in total. The summed E-state index contributed by atoms with van der Waals surface area (Å²) in [6.45, 7) is -2.27. The van der Waals surface area contributed by atoms with Gasteiger partial charge in [0.1, 0.15) is 42.4 Å². The van der Waals surface area contributed by atoms with Gasteiger partial charge in [0.25, 0.3) is 17.1 Å². The van der Waals surface area contributed by atoms with Gasteiger partial charge in [0, 0.05) is 45.6 Å². The van der Waals surface area contributed by atoms with E-state index in [-0.39, 0.29) is 64.2 Å². The number of fused-ring (bicyclic) bond motifs is 3. The molecule has 0 bridgehead atoms. The molecule has 9 rings (SSSR count). The number of nitrogens with zero attached hydrogens (tertiary/aromatic N) is 10. The van der Waals surface area contributed by atoms with Crippen molar-refractivity contribution in [3.63, 3.8) is 0 Å². The number of amides is 1. The van der Waals surface area contributed by atoms with Crippen LogP contribution in [0.4, 0.5) is 17.7 Å². The SMILES string of the molecule is COCC[C@H]1[C@@H](O)[C@H]([n+]2cn(C)c3c(=O)[nH]c(N)nc32)O[C@@H]1COP(=O)(O)OP(=O)(O)OP(=O)(O)OC[C@H]1O[C@@H](n2cnc3c(N)ncnc32)[C@H](OC)[C@@H]1CC(=O)NC[C@H]1O[C@@H](n2cnc3c(=O)[nH]c(N)nc32)[C@H](O)[C@@H]1O. The van der Waals surface area contributed by atoms with Crippen LogP contribution in [0, 0.1) is 11.8 Å². The summed E-state index contributed by atoms with van der Waals surface area (Å²) in [5.74, 6) is -3.30. The number of hydrogen-bond donors (Lipinski definition) is 12. The normalized spacial score (nSPS) is 29.1. The number of ether oxygens (including phenoxy) is 5. The summed E-state index contributed by atoms with van der Waals surface area (Å²) in [4.78, 5) is 99.7. The third kappa shape index (κ3) is 11.4. The molecule has 3 aliphatic heterocycles. The molecule has 0 aliphatic carbocycles. The first-order valence-corrected chi connectivity index (χ1v) is 27.3. The Morgan fingerprint density at radius 1 is 0.779 bits per heavy atom. The molecule has 6 aromatic rings. The van der Waals surface area contributed by atoms with E-state index in [0.717, 1.165) is 12.7 Å². The standard InChI is InChI=1S/C37H51N16O21P3/c1-50-13-53(30-22(50)32(59)49-37(40)47-30)33-23(55)14(4-5-66-2)17(71-33)8-68-75(60,61)73-77(64,65)74-76(62,63)69-9-18-15(26(67-3)35(72-18)51-11-44-20-27(38)42-10-43-28(20)51)6-19(54)41-7-16-24(56)25(57)34(70-16)52-12-45-21-29(52)46-36(39)48-31(21)58/h10-18,23-26,33-35,55-57H,4-9H2,1-3H3,(H11-,38,39,40,41,42,43,46,47,48,49,54,58,59,60,61,62,63,64,65)/p+1/t14-,15-,16-,17-,18-,23-,24-,25-,26-,33-,34-,35-/m1/s1. The maximum Gasteiger partial charge on any atom is 0.490 e. The van der Waals surface area contributed by atoms with Crippen LogP contribution in [-0.2, 0) is 66.9 Å². The van der Waals surface area contributed by atoms with E-state index in [9.17, 15) is 58.1 Å². The molecule has 77 heavy (non-hydrogen) atoms. The van der Waals surface area contributed by atoms with Crippen LogP contribution in [0.2, 0.25) is 0 Å². The molecule has 420 valence electrons. The Bertz CT molecular complexity index is 3450. The number of rotatable bonds is 21.